The lowest BCUT2D eigenvalue weighted by Gasteiger charge is -2.40. The molecule has 0 aromatic rings. The fourth-order valence-corrected chi connectivity index (χ4v) is 1.76. The van der Waals surface area contributed by atoms with Gasteiger partial charge in [-0.3, -0.25) is 0 Å². The van der Waals surface area contributed by atoms with Gasteiger partial charge >= 0.3 is 0 Å². The largest absolute Gasteiger partial charge is 0.394 e. The third-order valence-corrected chi connectivity index (χ3v) is 2.90. The molecule has 6 heteroatoms. The van der Waals surface area contributed by atoms with Gasteiger partial charge in [0.2, 0.25) is 0 Å². The molecule has 1 rings (SSSR count). The van der Waals surface area contributed by atoms with Crippen molar-refractivity contribution in [2.75, 3.05) is 19.8 Å². The summed E-state index contributed by atoms with van der Waals surface area (Å²) in [6, 6.07) is 0. The lowest BCUT2D eigenvalue weighted by Crippen LogP contribution is -2.55. The van der Waals surface area contributed by atoms with Gasteiger partial charge in [-0.05, 0) is 13.0 Å². The van der Waals surface area contributed by atoms with E-state index in [1.165, 1.54) is 0 Å². The number of ether oxygens (including phenoxy) is 2. The zero-order valence-corrected chi connectivity index (χ0v) is 9.45. The normalized spacial score (nSPS) is 39.9. The molecule has 1 fully saturated rings. The van der Waals surface area contributed by atoms with E-state index >= 15 is 0 Å². The minimum Gasteiger partial charge on any atom is -0.394 e. The van der Waals surface area contributed by atoms with Gasteiger partial charge < -0.3 is 30.5 Å². The predicted octanol–water partition coefficient (Wildman–Crippen LogP) is -1.57. The van der Waals surface area contributed by atoms with Crippen molar-refractivity contribution in [2.45, 2.75) is 37.9 Å². The van der Waals surface area contributed by atoms with Crippen LogP contribution in [0.4, 0.5) is 0 Å². The van der Waals surface area contributed by atoms with E-state index < -0.39 is 24.6 Å². The van der Waals surface area contributed by atoms with Gasteiger partial charge in [0.25, 0.3) is 0 Å². The van der Waals surface area contributed by atoms with Gasteiger partial charge in [-0.1, -0.05) is 6.92 Å². The van der Waals surface area contributed by atoms with E-state index in [-0.39, 0.29) is 12.5 Å². The number of aliphatic hydroxyl groups is 3. The molecule has 0 spiro atoms. The van der Waals surface area contributed by atoms with Crippen LogP contribution in [0, 0.1) is 5.92 Å². The third-order valence-electron chi connectivity index (χ3n) is 2.90. The minimum atomic E-state index is -1.21. The molecule has 16 heavy (non-hydrogen) atoms. The Morgan fingerprint density at radius 2 is 2.06 bits per heavy atom. The van der Waals surface area contributed by atoms with E-state index in [0.29, 0.717) is 19.6 Å². The minimum absolute atomic E-state index is 0.231. The maximum Gasteiger partial charge on any atom is 0.184 e. The van der Waals surface area contributed by atoms with Crippen molar-refractivity contribution >= 4 is 0 Å². The molecule has 0 aliphatic carbocycles. The Kier molecular flexibility index (Phi) is 5.60. The summed E-state index contributed by atoms with van der Waals surface area (Å²) in [5.74, 6) is -0.281. The number of rotatable bonds is 5. The molecule has 1 saturated heterocycles. The lowest BCUT2D eigenvalue weighted by molar-refractivity contribution is -0.282. The summed E-state index contributed by atoms with van der Waals surface area (Å²) in [6.45, 7) is 2.38. The topological polar surface area (TPSA) is 105 Å². The first kappa shape index (κ1) is 13.8. The second kappa shape index (κ2) is 6.48. The fraction of sp³-hybridized carbons (Fsp3) is 1.00. The number of nitrogens with two attached hydrogens (primary N) is 1. The van der Waals surface area contributed by atoms with Crippen LogP contribution in [0.3, 0.4) is 0 Å². The Balaban J connectivity index is 2.50. The molecule has 1 aliphatic heterocycles. The first-order valence-corrected chi connectivity index (χ1v) is 5.56. The lowest BCUT2D eigenvalue weighted by atomic mass is 9.91. The van der Waals surface area contributed by atoms with Crippen LogP contribution in [0.2, 0.25) is 0 Å². The van der Waals surface area contributed by atoms with Crippen LogP contribution in [-0.4, -0.2) is 59.7 Å². The van der Waals surface area contributed by atoms with Crippen LogP contribution in [0.15, 0.2) is 0 Å². The van der Waals surface area contributed by atoms with Gasteiger partial charge in [-0.15, -0.1) is 0 Å². The molecule has 5 N–H and O–H groups in total. The molecule has 0 amide bonds. The van der Waals surface area contributed by atoms with Crippen molar-refractivity contribution in [2.24, 2.45) is 11.7 Å². The highest BCUT2D eigenvalue weighted by molar-refractivity contribution is 4.87. The third kappa shape index (κ3) is 3.13. The Morgan fingerprint density at radius 3 is 2.62 bits per heavy atom. The quantitative estimate of drug-likeness (QED) is 0.429. The van der Waals surface area contributed by atoms with Crippen molar-refractivity contribution in [1.29, 1.82) is 0 Å². The Morgan fingerprint density at radius 1 is 1.38 bits per heavy atom. The fourth-order valence-electron chi connectivity index (χ4n) is 1.76. The van der Waals surface area contributed by atoms with Crippen molar-refractivity contribution in [3.8, 4) is 0 Å². The van der Waals surface area contributed by atoms with Crippen molar-refractivity contribution < 1.29 is 24.8 Å². The van der Waals surface area contributed by atoms with Crippen LogP contribution in [0.5, 0.6) is 0 Å². The van der Waals surface area contributed by atoms with E-state index in [9.17, 15) is 10.2 Å². The Hall–Kier alpha value is -0.240. The van der Waals surface area contributed by atoms with Gasteiger partial charge in [0.1, 0.15) is 6.10 Å². The first-order chi connectivity index (χ1) is 7.61. The van der Waals surface area contributed by atoms with E-state index in [2.05, 4.69) is 0 Å². The zero-order chi connectivity index (χ0) is 12.1. The summed E-state index contributed by atoms with van der Waals surface area (Å²) in [5.41, 5.74) is 5.32. The highest BCUT2D eigenvalue weighted by atomic mass is 16.6. The monoisotopic (exact) mass is 235 g/mol. The standard InChI is InChI=1S/C10H21NO5/c1-6-7(5-12)16-10(14)9(8(6)13)15-4-2-3-11/h6-10,12-14H,2-5,11H2,1H3/t6-,7-,8+,9-,10+/m1/s1. The van der Waals surface area contributed by atoms with Crippen LogP contribution in [0.1, 0.15) is 13.3 Å². The van der Waals surface area contributed by atoms with E-state index in [0.717, 1.165) is 0 Å². The van der Waals surface area contributed by atoms with Gasteiger partial charge in [0.15, 0.2) is 6.29 Å². The maximum atomic E-state index is 9.90. The average molecular weight is 235 g/mol. The highest BCUT2D eigenvalue weighted by Gasteiger charge is 2.42. The molecule has 6 nitrogen and oxygen atoms in total. The second-order valence-electron chi connectivity index (χ2n) is 4.08. The molecular weight excluding hydrogens is 214 g/mol. The van der Waals surface area contributed by atoms with Crippen LogP contribution < -0.4 is 5.73 Å². The number of hydrogen-bond acceptors (Lipinski definition) is 6. The Labute approximate surface area is 95.0 Å². The van der Waals surface area contributed by atoms with Crippen LogP contribution in [0.25, 0.3) is 0 Å². The van der Waals surface area contributed by atoms with Crippen molar-refractivity contribution in [1.82, 2.24) is 0 Å². The highest BCUT2D eigenvalue weighted by Crippen LogP contribution is 2.26. The second-order valence-corrected chi connectivity index (χ2v) is 4.08. The average Bonchev–Trinajstić information content (AvgIpc) is 2.28. The van der Waals surface area contributed by atoms with Gasteiger partial charge in [-0.25, -0.2) is 0 Å². The molecule has 96 valence electrons. The van der Waals surface area contributed by atoms with Gasteiger partial charge in [-0.2, -0.15) is 0 Å². The number of aliphatic hydroxyl groups excluding tert-OH is 3. The number of hydrogen-bond donors (Lipinski definition) is 4. The first-order valence-electron chi connectivity index (χ1n) is 5.56. The molecule has 0 aromatic carbocycles. The van der Waals surface area contributed by atoms with E-state index in [1.54, 1.807) is 6.92 Å². The summed E-state index contributed by atoms with van der Waals surface area (Å²) >= 11 is 0. The molecule has 1 aliphatic rings. The molecule has 1 heterocycles. The van der Waals surface area contributed by atoms with Gasteiger partial charge in [0.05, 0.1) is 18.8 Å². The SMILES string of the molecule is C[C@H]1[C@H](O)[C@@H](OCCCN)[C@@H](O)O[C@@H]1CO. The summed E-state index contributed by atoms with van der Waals surface area (Å²) in [5, 5.41) is 28.5. The molecule has 5 atom stereocenters. The van der Waals surface area contributed by atoms with Crippen molar-refractivity contribution in [3.63, 3.8) is 0 Å². The zero-order valence-electron chi connectivity index (χ0n) is 9.45. The van der Waals surface area contributed by atoms with E-state index in [4.69, 9.17) is 20.3 Å². The van der Waals surface area contributed by atoms with Crippen LogP contribution in [-0.2, 0) is 9.47 Å². The Bertz CT molecular complexity index is 204. The smallest absolute Gasteiger partial charge is 0.184 e. The molecule has 0 radical (unpaired) electrons. The molecule has 0 aromatic heterocycles. The summed E-state index contributed by atoms with van der Waals surface area (Å²) in [4.78, 5) is 0. The van der Waals surface area contributed by atoms with Crippen LogP contribution >= 0.6 is 0 Å². The van der Waals surface area contributed by atoms with Crippen molar-refractivity contribution in [3.05, 3.63) is 0 Å². The molecule has 0 saturated carbocycles. The summed E-state index contributed by atoms with van der Waals surface area (Å²) < 4.78 is 10.5. The summed E-state index contributed by atoms with van der Waals surface area (Å²) in [7, 11) is 0. The maximum absolute atomic E-state index is 9.90. The van der Waals surface area contributed by atoms with E-state index in [1.807, 2.05) is 0 Å². The molecule has 0 bridgehead atoms. The molecular formula is C10H21NO5. The predicted molar refractivity (Wildman–Crippen MR) is 56.5 cm³/mol. The summed E-state index contributed by atoms with van der Waals surface area (Å²) in [6.07, 6.45) is -2.73. The van der Waals surface area contributed by atoms with Gasteiger partial charge in [0, 0.05) is 12.5 Å². The molecule has 0 unspecified atom stereocenters.